The molecule has 1 aromatic heterocycles. The third-order valence-electron chi connectivity index (χ3n) is 2.55. The Labute approximate surface area is 100 Å². The molecular weight excluding hydrogens is 216 g/mol. The van der Waals surface area contributed by atoms with Crippen LogP contribution in [-0.2, 0) is 7.05 Å². The van der Waals surface area contributed by atoms with Crippen molar-refractivity contribution in [3.8, 4) is 5.75 Å². The quantitative estimate of drug-likeness (QED) is 0.875. The van der Waals surface area contributed by atoms with Crippen LogP contribution in [0.3, 0.4) is 0 Å². The molecule has 0 bridgehead atoms. The first-order valence-electron chi connectivity index (χ1n) is 5.60. The summed E-state index contributed by atoms with van der Waals surface area (Å²) in [5, 5.41) is 14.2. The maximum absolute atomic E-state index is 10.1. The fourth-order valence-corrected chi connectivity index (χ4v) is 1.69. The maximum Gasteiger partial charge on any atom is 0.119 e. The molecule has 0 aliphatic heterocycles. The fourth-order valence-electron chi connectivity index (χ4n) is 1.69. The number of aryl methyl sites for hydroxylation is 1. The first-order valence-corrected chi connectivity index (χ1v) is 5.60. The molecule has 90 valence electrons. The Hall–Kier alpha value is -1.81. The lowest BCUT2D eigenvalue weighted by molar-refractivity contribution is 0.220. The summed E-state index contributed by atoms with van der Waals surface area (Å²) in [6.07, 6.45) is 2.83. The molecule has 0 amide bonds. The molecule has 0 fully saturated rings. The number of aliphatic hydroxyl groups is 1. The Balaban J connectivity index is 2.16. The van der Waals surface area contributed by atoms with E-state index in [2.05, 4.69) is 5.10 Å². The van der Waals surface area contributed by atoms with Gasteiger partial charge in [-0.25, -0.2) is 0 Å². The fraction of sp³-hybridized carbons (Fsp3) is 0.308. The number of benzene rings is 1. The summed E-state index contributed by atoms with van der Waals surface area (Å²) >= 11 is 0. The van der Waals surface area contributed by atoms with E-state index in [1.807, 2.05) is 38.2 Å². The summed E-state index contributed by atoms with van der Waals surface area (Å²) in [5.74, 6) is 0.814. The SMILES string of the molecule is CCOc1ccc(C(O)c2cnn(C)c2)cc1. The Bertz CT molecular complexity index is 476. The van der Waals surface area contributed by atoms with Crippen LogP contribution in [0.25, 0.3) is 0 Å². The van der Waals surface area contributed by atoms with Gasteiger partial charge in [0.25, 0.3) is 0 Å². The number of nitrogens with zero attached hydrogens (tertiary/aromatic N) is 2. The molecule has 0 saturated heterocycles. The van der Waals surface area contributed by atoms with Crippen LogP contribution >= 0.6 is 0 Å². The van der Waals surface area contributed by atoms with Crippen LogP contribution in [0.15, 0.2) is 36.7 Å². The van der Waals surface area contributed by atoms with Crippen molar-refractivity contribution in [1.29, 1.82) is 0 Å². The van der Waals surface area contributed by atoms with Crippen LogP contribution in [0.5, 0.6) is 5.75 Å². The number of aromatic nitrogens is 2. The van der Waals surface area contributed by atoms with E-state index in [4.69, 9.17) is 4.74 Å². The normalized spacial score (nSPS) is 12.4. The Morgan fingerprint density at radius 2 is 2.00 bits per heavy atom. The van der Waals surface area contributed by atoms with Gasteiger partial charge in [-0.1, -0.05) is 12.1 Å². The minimum Gasteiger partial charge on any atom is -0.494 e. The smallest absolute Gasteiger partial charge is 0.119 e. The van der Waals surface area contributed by atoms with Crippen molar-refractivity contribution >= 4 is 0 Å². The summed E-state index contributed by atoms with van der Waals surface area (Å²) in [5.41, 5.74) is 1.62. The van der Waals surface area contributed by atoms with Crippen LogP contribution in [0.1, 0.15) is 24.2 Å². The van der Waals surface area contributed by atoms with Gasteiger partial charge < -0.3 is 9.84 Å². The van der Waals surface area contributed by atoms with E-state index < -0.39 is 6.10 Å². The number of hydrogen-bond acceptors (Lipinski definition) is 3. The summed E-state index contributed by atoms with van der Waals surface area (Å²) in [4.78, 5) is 0. The average molecular weight is 232 g/mol. The van der Waals surface area contributed by atoms with E-state index in [-0.39, 0.29) is 0 Å². The zero-order chi connectivity index (χ0) is 12.3. The van der Waals surface area contributed by atoms with Crippen LogP contribution in [0, 0.1) is 0 Å². The lowest BCUT2D eigenvalue weighted by Crippen LogP contribution is -1.99. The Morgan fingerprint density at radius 3 is 2.53 bits per heavy atom. The molecule has 0 spiro atoms. The van der Waals surface area contributed by atoms with Crippen molar-refractivity contribution in [2.45, 2.75) is 13.0 Å². The molecule has 1 N–H and O–H groups in total. The highest BCUT2D eigenvalue weighted by Crippen LogP contribution is 2.23. The third-order valence-corrected chi connectivity index (χ3v) is 2.55. The molecule has 0 saturated carbocycles. The van der Waals surface area contributed by atoms with Crippen molar-refractivity contribution in [3.63, 3.8) is 0 Å². The molecule has 0 radical (unpaired) electrons. The number of hydrogen-bond donors (Lipinski definition) is 1. The largest absolute Gasteiger partial charge is 0.494 e. The second kappa shape index (κ2) is 5.01. The summed E-state index contributed by atoms with van der Waals surface area (Å²) < 4.78 is 7.03. The van der Waals surface area contributed by atoms with E-state index in [1.165, 1.54) is 0 Å². The topological polar surface area (TPSA) is 47.3 Å². The standard InChI is InChI=1S/C13H16N2O2/c1-3-17-12-6-4-10(5-7-12)13(16)11-8-14-15(2)9-11/h4-9,13,16H,3H2,1-2H3. The van der Waals surface area contributed by atoms with E-state index in [0.717, 1.165) is 16.9 Å². The summed E-state index contributed by atoms with van der Waals surface area (Å²) in [6, 6.07) is 7.45. The molecule has 1 heterocycles. The lowest BCUT2D eigenvalue weighted by atomic mass is 10.0. The van der Waals surface area contributed by atoms with Gasteiger partial charge in [-0.05, 0) is 24.6 Å². The predicted molar refractivity (Wildman–Crippen MR) is 64.9 cm³/mol. The lowest BCUT2D eigenvalue weighted by Gasteiger charge is -2.09. The number of ether oxygens (including phenoxy) is 1. The number of rotatable bonds is 4. The summed E-state index contributed by atoms with van der Waals surface area (Å²) in [7, 11) is 1.83. The highest BCUT2D eigenvalue weighted by molar-refractivity contribution is 5.32. The molecule has 2 aromatic rings. The van der Waals surface area contributed by atoms with Gasteiger partial charge in [-0.3, -0.25) is 4.68 Å². The molecule has 1 unspecified atom stereocenters. The zero-order valence-electron chi connectivity index (χ0n) is 10.00. The van der Waals surface area contributed by atoms with Gasteiger partial charge in [0.15, 0.2) is 0 Å². The van der Waals surface area contributed by atoms with E-state index in [0.29, 0.717) is 6.61 Å². The second-order valence-electron chi connectivity index (χ2n) is 3.85. The van der Waals surface area contributed by atoms with Gasteiger partial charge in [0.05, 0.1) is 12.8 Å². The zero-order valence-corrected chi connectivity index (χ0v) is 10.00. The van der Waals surface area contributed by atoms with Gasteiger partial charge in [-0.15, -0.1) is 0 Å². The molecule has 0 aliphatic carbocycles. The van der Waals surface area contributed by atoms with Gasteiger partial charge >= 0.3 is 0 Å². The van der Waals surface area contributed by atoms with Crippen LogP contribution in [-0.4, -0.2) is 21.5 Å². The van der Waals surface area contributed by atoms with E-state index in [9.17, 15) is 5.11 Å². The van der Waals surface area contributed by atoms with E-state index >= 15 is 0 Å². The van der Waals surface area contributed by atoms with Gasteiger partial charge in [-0.2, -0.15) is 5.10 Å². The van der Waals surface area contributed by atoms with Gasteiger partial charge in [0.2, 0.25) is 0 Å². The minimum absolute atomic E-state index is 0.639. The summed E-state index contributed by atoms with van der Waals surface area (Å²) in [6.45, 7) is 2.59. The second-order valence-corrected chi connectivity index (χ2v) is 3.85. The Kier molecular flexibility index (Phi) is 3.44. The van der Waals surface area contributed by atoms with Crippen molar-refractivity contribution in [1.82, 2.24) is 9.78 Å². The average Bonchev–Trinajstić information content (AvgIpc) is 2.76. The highest BCUT2D eigenvalue weighted by Gasteiger charge is 2.11. The molecule has 2 rings (SSSR count). The van der Waals surface area contributed by atoms with Crippen molar-refractivity contribution in [2.24, 2.45) is 7.05 Å². The highest BCUT2D eigenvalue weighted by atomic mass is 16.5. The monoisotopic (exact) mass is 232 g/mol. The molecule has 4 heteroatoms. The van der Waals surface area contributed by atoms with E-state index in [1.54, 1.807) is 17.1 Å². The molecule has 1 aromatic carbocycles. The molecule has 0 aliphatic rings. The molecule has 4 nitrogen and oxygen atoms in total. The van der Waals surface area contributed by atoms with Crippen molar-refractivity contribution < 1.29 is 9.84 Å². The molecule has 1 atom stereocenters. The van der Waals surface area contributed by atoms with Gasteiger partial charge in [0.1, 0.15) is 11.9 Å². The van der Waals surface area contributed by atoms with Gasteiger partial charge in [0, 0.05) is 18.8 Å². The maximum atomic E-state index is 10.1. The minimum atomic E-state index is -0.639. The molecule has 17 heavy (non-hydrogen) atoms. The molecular formula is C13H16N2O2. The third kappa shape index (κ3) is 2.65. The predicted octanol–water partition coefficient (Wildman–Crippen LogP) is 1.90. The Morgan fingerprint density at radius 1 is 1.29 bits per heavy atom. The van der Waals surface area contributed by atoms with Crippen molar-refractivity contribution in [2.75, 3.05) is 6.61 Å². The van der Waals surface area contributed by atoms with Crippen molar-refractivity contribution in [3.05, 3.63) is 47.8 Å². The number of aliphatic hydroxyl groups excluding tert-OH is 1. The first kappa shape index (κ1) is 11.7. The van der Waals surface area contributed by atoms with Crippen LogP contribution in [0.2, 0.25) is 0 Å². The van der Waals surface area contributed by atoms with Crippen LogP contribution in [0.4, 0.5) is 0 Å². The van der Waals surface area contributed by atoms with Crippen LogP contribution < -0.4 is 4.74 Å². The first-order chi connectivity index (χ1) is 8.20.